The lowest BCUT2D eigenvalue weighted by Crippen LogP contribution is -2.37. The lowest BCUT2D eigenvalue weighted by molar-refractivity contribution is 0.0956. The molecule has 1 aliphatic rings. The van der Waals surface area contributed by atoms with Gasteiger partial charge in [-0.3, -0.25) is 9.10 Å². The van der Waals surface area contributed by atoms with Gasteiger partial charge in [-0.15, -0.1) is 0 Å². The number of hydrogen-bond donors (Lipinski definition) is 1. The van der Waals surface area contributed by atoms with E-state index in [0.717, 1.165) is 11.3 Å². The molecule has 0 spiro atoms. The number of amides is 1. The Morgan fingerprint density at radius 3 is 2.88 bits per heavy atom. The number of para-hydroxylation sites is 1. The second-order valence-electron chi connectivity index (χ2n) is 5.39. The first kappa shape index (κ1) is 16.7. The quantitative estimate of drug-likeness (QED) is 0.820. The van der Waals surface area contributed by atoms with Gasteiger partial charge in [-0.1, -0.05) is 29.8 Å². The van der Waals surface area contributed by atoms with Crippen LogP contribution in [-0.2, 0) is 16.4 Å². The van der Waals surface area contributed by atoms with Gasteiger partial charge < -0.3 is 5.32 Å². The molecule has 2 aromatic rings. The molecule has 1 amide bonds. The van der Waals surface area contributed by atoms with Gasteiger partial charge in [0.2, 0.25) is 10.0 Å². The Hall–Kier alpha value is -2.12. The monoisotopic (exact) mass is 365 g/mol. The summed E-state index contributed by atoms with van der Waals surface area (Å²) in [5.74, 6) is -0.539. The molecule has 0 bridgehead atoms. The number of benzene rings is 1. The van der Waals surface area contributed by atoms with Crippen LogP contribution in [0.15, 0.2) is 42.6 Å². The highest BCUT2D eigenvalue weighted by Gasteiger charge is 2.28. The SMILES string of the molecule is O=C(NCCS(=O)(=O)N1CCc2ccccc21)c1ccnc(Cl)c1. The fourth-order valence-electron chi connectivity index (χ4n) is 2.65. The Morgan fingerprint density at radius 1 is 1.29 bits per heavy atom. The third-order valence-electron chi connectivity index (χ3n) is 3.81. The first-order valence-corrected chi connectivity index (χ1v) is 9.44. The molecule has 0 atom stereocenters. The smallest absolute Gasteiger partial charge is 0.251 e. The van der Waals surface area contributed by atoms with Gasteiger partial charge in [0, 0.05) is 24.8 Å². The standard InChI is InChI=1S/C16H16ClN3O3S/c17-15-11-13(5-7-18-15)16(21)19-8-10-24(22,23)20-9-6-12-3-1-2-4-14(12)20/h1-5,7,11H,6,8-10H2,(H,19,21). The van der Waals surface area contributed by atoms with E-state index >= 15 is 0 Å². The average molecular weight is 366 g/mol. The van der Waals surface area contributed by atoms with Crippen LogP contribution in [0.3, 0.4) is 0 Å². The van der Waals surface area contributed by atoms with Crippen LogP contribution in [0.5, 0.6) is 0 Å². The molecule has 1 aliphatic heterocycles. The molecular weight excluding hydrogens is 350 g/mol. The van der Waals surface area contributed by atoms with Gasteiger partial charge >= 0.3 is 0 Å². The summed E-state index contributed by atoms with van der Waals surface area (Å²) in [5, 5.41) is 2.81. The summed E-state index contributed by atoms with van der Waals surface area (Å²) in [6.07, 6.45) is 2.13. The lowest BCUT2D eigenvalue weighted by atomic mass is 10.2. The summed E-state index contributed by atoms with van der Waals surface area (Å²) in [4.78, 5) is 15.8. The minimum absolute atomic E-state index is 0.0276. The molecule has 1 aromatic heterocycles. The fourth-order valence-corrected chi connectivity index (χ4v) is 4.25. The number of fused-ring (bicyclic) bond motifs is 1. The number of nitrogens with one attached hydrogen (secondary N) is 1. The van der Waals surface area contributed by atoms with Crippen molar-refractivity contribution in [3.05, 3.63) is 58.9 Å². The van der Waals surface area contributed by atoms with Crippen molar-refractivity contribution in [2.24, 2.45) is 0 Å². The summed E-state index contributed by atoms with van der Waals surface area (Å²) < 4.78 is 26.4. The zero-order valence-corrected chi connectivity index (χ0v) is 14.3. The molecule has 0 aliphatic carbocycles. The first-order valence-electron chi connectivity index (χ1n) is 7.45. The molecule has 0 unspecified atom stereocenters. The normalized spacial score (nSPS) is 13.6. The van der Waals surface area contributed by atoms with E-state index in [1.165, 1.54) is 22.6 Å². The molecule has 1 N–H and O–H groups in total. The number of aromatic nitrogens is 1. The number of sulfonamides is 1. The van der Waals surface area contributed by atoms with Crippen LogP contribution in [0.1, 0.15) is 15.9 Å². The van der Waals surface area contributed by atoms with Crippen LogP contribution >= 0.6 is 11.6 Å². The van der Waals surface area contributed by atoms with Crippen molar-refractivity contribution in [2.45, 2.75) is 6.42 Å². The first-order chi connectivity index (χ1) is 11.5. The number of halogens is 1. The topological polar surface area (TPSA) is 79.4 Å². The van der Waals surface area contributed by atoms with Gasteiger partial charge in [0.25, 0.3) is 5.91 Å². The predicted molar refractivity (Wildman–Crippen MR) is 92.9 cm³/mol. The molecule has 8 heteroatoms. The highest BCUT2D eigenvalue weighted by Crippen LogP contribution is 2.29. The Labute approximate surface area is 145 Å². The van der Waals surface area contributed by atoms with Crippen molar-refractivity contribution in [3.63, 3.8) is 0 Å². The number of pyridine rings is 1. The number of hydrogen-bond acceptors (Lipinski definition) is 4. The van der Waals surface area contributed by atoms with Gasteiger partial charge in [0.05, 0.1) is 11.4 Å². The van der Waals surface area contributed by atoms with Gasteiger partial charge in [0.1, 0.15) is 5.15 Å². The molecule has 0 saturated heterocycles. The van der Waals surface area contributed by atoms with Gasteiger partial charge in [-0.05, 0) is 30.2 Å². The van der Waals surface area contributed by atoms with Crippen LogP contribution in [0.4, 0.5) is 5.69 Å². The van der Waals surface area contributed by atoms with E-state index in [1.807, 2.05) is 18.2 Å². The predicted octanol–water partition coefficient (Wildman–Crippen LogP) is 1.86. The third kappa shape index (κ3) is 3.52. The number of nitrogens with zero attached hydrogens (tertiary/aromatic N) is 2. The molecule has 0 radical (unpaired) electrons. The van der Waals surface area contributed by atoms with E-state index < -0.39 is 10.0 Å². The summed E-state index contributed by atoms with van der Waals surface area (Å²) in [7, 11) is -3.48. The van der Waals surface area contributed by atoms with E-state index in [1.54, 1.807) is 6.07 Å². The molecule has 24 heavy (non-hydrogen) atoms. The van der Waals surface area contributed by atoms with Crippen LogP contribution in [0.25, 0.3) is 0 Å². The molecule has 2 heterocycles. The van der Waals surface area contributed by atoms with Crippen LogP contribution in [-0.4, -0.2) is 38.2 Å². The average Bonchev–Trinajstić information content (AvgIpc) is 2.99. The van der Waals surface area contributed by atoms with E-state index in [9.17, 15) is 13.2 Å². The molecule has 0 fully saturated rings. The largest absolute Gasteiger partial charge is 0.351 e. The maximum absolute atomic E-state index is 12.5. The number of rotatable bonds is 5. The van der Waals surface area contributed by atoms with E-state index in [-0.39, 0.29) is 23.4 Å². The second-order valence-corrected chi connectivity index (χ2v) is 7.79. The summed E-state index contributed by atoms with van der Waals surface area (Å²) in [5.41, 5.74) is 2.10. The highest BCUT2D eigenvalue weighted by molar-refractivity contribution is 7.92. The van der Waals surface area contributed by atoms with Crippen molar-refractivity contribution in [2.75, 3.05) is 23.1 Å². The van der Waals surface area contributed by atoms with Gasteiger partial charge in [-0.2, -0.15) is 0 Å². The van der Waals surface area contributed by atoms with E-state index in [4.69, 9.17) is 11.6 Å². The third-order valence-corrected chi connectivity index (χ3v) is 5.79. The van der Waals surface area contributed by atoms with E-state index in [0.29, 0.717) is 18.5 Å². The Kier molecular flexibility index (Phi) is 4.73. The van der Waals surface area contributed by atoms with Crippen molar-refractivity contribution in [1.29, 1.82) is 0 Å². The van der Waals surface area contributed by atoms with Crippen molar-refractivity contribution in [3.8, 4) is 0 Å². The zero-order valence-electron chi connectivity index (χ0n) is 12.8. The van der Waals surface area contributed by atoms with Crippen LogP contribution < -0.4 is 9.62 Å². The summed E-state index contributed by atoms with van der Waals surface area (Å²) in [6, 6.07) is 10.4. The molecule has 126 valence electrons. The molecular formula is C16H16ClN3O3S. The van der Waals surface area contributed by atoms with Crippen molar-refractivity contribution < 1.29 is 13.2 Å². The maximum Gasteiger partial charge on any atom is 0.251 e. The number of carbonyl (C=O) groups excluding carboxylic acids is 1. The number of anilines is 1. The molecule has 0 saturated carbocycles. The number of carbonyl (C=O) groups is 1. The van der Waals surface area contributed by atoms with E-state index in [2.05, 4.69) is 10.3 Å². The summed E-state index contributed by atoms with van der Waals surface area (Å²) in [6.45, 7) is 0.468. The van der Waals surface area contributed by atoms with Crippen molar-refractivity contribution >= 4 is 33.2 Å². The minimum atomic E-state index is -3.48. The van der Waals surface area contributed by atoms with Crippen LogP contribution in [0.2, 0.25) is 5.15 Å². The summed E-state index contributed by atoms with van der Waals surface area (Å²) >= 11 is 5.74. The fraction of sp³-hybridized carbons (Fsp3) is 0.250. The molecule has 3 rings (SSSR count). The highest BCUT2D eigenvalue weighted by atomic mass is 35.5. The van der Waals surface area contributed by atoms with Crippen LogP contribution in [0, 0.1) is 0 Å². The van der Waals surface area contributed by atoms with Gasteiger partial charge in [0.15, 0.2) is 0 Å². The Morgan fingerprint density at radius 2 is 2.08 bits per heavy atom. The molecule has 1 aromatic carbocycles. The molecule has 6 nitrogen and oxygen atoms in total. The second kappa shape index (κ2) is 6.78. The Balaban J connectivity index is 1.61. The van der Waals surface area contributed by atoms with Gasteiger partial charge in [-0.25, -0.2) is 13.4 Å². The lowest BCUT2D eigenvalue weighted by Gasteiger charge is -2.19. The van der Waals surface area contributed by atoms with Crippen molar-refractivity contribution in [1.82, 2.24) is 10.3 Å². The Bertz CT molecular complexity index is 870. The minimum Gasteiger partial charge on any atom is -0.351 e. The zero-order chi connectivity index (χ0) is 17.2. The maximum atomic E-state index is 12.5.